The van der Waals surface area contributed by atoms with Crippen LogP contribution >= 0.6 is 23.2 Å². The Kier molecular flexibility index (Phi) is 5.00. The lowest BCUT2D eigenvalue weighted by atomic mass is 9.88. The van der Waals surface area contributed by atoms with E-state index in [-0.39, 0.29) is 0 Å². The smallest absolute Gasteiger partial charge is 0.0794 e. The third kappa shape index (κ3) is 3.47. The predicted octanol–water partition coefficient (Wildman–Crippen LogP) is 8.54. The van der Waals surface area contributed by atoms with Crippen molar-refractivity contribution in [3.63, 3.8) is 0 Å². The highest BCUT2D eigenvalue weighted by molar-refractivity contribution is 6.31. The van der Waals surface area contributed by atoms with Crippen molar-refractivity contribution in [3.05, 3.63) is 113 Å². The summed E-state index contributed by atoms with van der Waals surface area (Å²) in [7, 11) is 0. The molecule has 0 fully saturated rings. The van der Waals surface area contributed by atoms with Crippen molar-refractivity contribution in [2.24, 2.45) is 0 Å². The fourth-order valence-electron chi connectivity index (χ4n) is 3.84. The van der Waals surface area contributed by atoms with Crippen molar-refractivity contribution in [1.82, 2.24) is 4.98 Å². The highest BCUT2D eigenvalue weighted by atomic mass is 35.5. The van der Waals surface area contributed by atoms with E-state index in [0.29, 0.717) is 10.0 Å². The van der Waals surface area contributed by atoms with Crippen LogP contribution in [0.2, 0.25) is 10.0 Å². The number of nitrogens with zero attached hydrogens (tertiary/aromatic N) is 1. The van der Waals surface area contributed by atoms with E-state index in [0.717, 1.165) is 44.4 Å². The highest BCUT2D eigenvalue weighted by Gasteiger charge is 2.19. The third-order valence-corrected chi connectivity index (χ3v) is 5.68. The second kappa shape index (κ2) is 7.95. The van der Waals surface area contributed by atoms with Crippen LogP contribution in [0.4, 0.5) is 0 Å². The van der Waals surface area contributed by atoms with Gasteiger partial charge in [0, 0.05) is 32.1 Å². The summed E-state index contributed by atoms with van der Waals surface area (Å²) in [6.45, 7) is 0. The van der Waals surface area contributed by atoms with Gasteiger partial charge in [-0.2, -0.15) is 0 Å². The van der Waals surface area contributed by atoms with Crippen molar-refractivity contribution < 1.29 is 0 Å². The quantitative estimate of drug-likeness (QED) is 0.282. The van der Waals surface area contributed by atoms with Crippen LogP contribution in [0.15, 0.2) is 103 Å². The van der Waals surface area contributed by atoms with Gasteiger partial charge in [-0.1, -0.05) is 96.0 Å². The number of fused-ring (bicyclic) bond motifs is 1. The van der Waals surface area contributed by atoms with Gasteiger partial charge in [-0.25, -0.2) is 4.98 Å². The maximum Gasteiger partial charge on any atom is 0.0794 e. The number of rotatable bonds is 3. The summed E-state index contributed by atoms with van der Waals surface area (Å²) in [5.41, 5.74) is 7.29. The van der Waals surface area contributed by atoms with Crippen LogP contribution in [0.1, 0.15) is 0 Å². The molecule has 5 aromatic rings. The lowest BCUT2D eigenvalue weighted by molar-refractivity contribution is 1.39. The topological polar surface area (TPSA) is 12.9 Å². The molecule has 0 atom stereocenters. The Balaban J connectivity index is 1.97. The van der Waals surface area contributed by atoms with E-state index in [2.05, 4.69) is 48.5 Å². The normalized spacial score (nSPS) is 11.0. The van der Waals surface area contributed by atoms with Crippen LogP contribution in [-0.2, 0) is 0 Å². The van der Waals surface area contributed by atoms with Crippen LogP contribution in [0, 0.1) is 0 Å². The van der Waals surface area contributed by atoms with E-state index >= 15 is 0 Å². The first-order chi connectivity index (χ1) is 14.7. The van der Waals surface area contributed by atoms with E-state index < -0.39 is 0 Å². The summed E-state index contributed by atoms with van der Waals surface area (Å²) in [4.78, 5) is 5.08. The fourth-order valence-corrected chi connectivity index (χ4v) is 4.14. The summed E-state index contributed by atoms with van der Waals surface area (Å²) in [6, 6.07) is 34.5. The van der Waals surface area contributed by atoms with Gasteiger partial charge in [0.25, 0.3) is 0 Å². The molecule has 0 N–H and O–H groups in total. The summed E-state index contributed by atoms with van der Waals surface area (Å²) < 4.78 is 0. The molecular weight excluding hydrogens is 409 g/mol. The fraction of sp³-hybridized carbons (Fsp3) is 0. The molecule has 0 amide bonds. The number of hydrogen-bond acceptors (Lipinski definition) is 1. The van der Waals surface area contributed by atoms with Gasteiger partial charge in [0.15, 0.2) is 0 Å². The Hall–Kier alpha value is -3.13. The summed E-state index contributed by atoms with van der Waals surface area (Å²) >= 11 is 12.6. The molecule has 0 bridgehead atoms. The van der Waals surface area contributed by atoms with Crippen molar-refractivity contribution in [1.29, 1.82) is 0 Å². The molecule has 0 saturated carbocycles. The maximum absolute atomic E-state index is 6.41. The average Bonchev–Trinajstić information content (AvgIpc) is 2.79. The average molecular weight is 426 g/mol. The van der Waals surface area contributed by atoms with E-state index in [4.69, 9.17) is 28.2 Å². The van der Waals surface area contributed by atoms with Crippen molar-refractivity contribution in [2.45, 2.75) is 0 Å². The first-order valence-electron chi connectivity index (χ1n) is 9.71. The number of aromatic nitrogens is 1. The van der Waals surface area contributed by atoms with Gasteiger partial charge in [0.05, 0.1) is 11.2 Å². The minimum atomic E-state index is 0.694. The van der Waals surface area contributed by atoms with Gasteiger partial charge >= 0.3 is 0 Å². The molecule has 0 saturated heterocycles. The maximum atomic E-state index is 6.41. The molecule has 3 heteroatoms. The van der Waals surface area contributed by atoms with Gasteiger partial charge in [0.2, 0.25) is 0 Å². The molecule has 0 spiro atoms. The summed E-state index contributed by atoms with van der Waals surface area (Å²) in [5, 5.41) is 2.43. The molecular formula is C27H17Cl2N. The van der Waals surface area contributed by atoms with Crippen LogP contribution < -0.4 is 0 Å². The third-order valence-electron chi connectivity index (χ3n) is 5.19. The van der Waals surface area contributed by atoms with Gasteiger partial charge in [-0.3, -0.25) is 0 Å². The lowest BCUT2D eigenvalue weighted by Crippen LogP contribution is -1.96. The number of halogens is 2. The minimum Gasteiger partial charge on any atom is -0.247 e. The molecule has 0 unspecified atom stereocenters. The molecule has 0 aliphatic heterocycles. The number of hydrogen-bond donors (Lipinski definition) is 0. The summed E-state index contributed by atoms with van der Waals surface area (Å²) in [6.07, 6.45) is 0. The van der Waals surface area contributed by atoms with Gasteiger partial charge in [-0.15, -0.1) is 0 Å². The van der Waals surface area contributed by atoms with Gasteiger partial charge in [-0.05, 0) is 41.5 Å². The standard InChI is InChI=1S/C27H17Cl2N/c28-21-13-11-20(12-14-21)27-26(19-9-5-2-6-10-19)25(18-7-3-1-4-8-18)23-17-22(29)15-16-24(23)30-27/h1-17H. The molecule has 144 valence electrons. The molecule has 0 radical (unpaired) electrons. The first kappa shape index (κ1) is 18.9. The predicted molar refractivity (Wildman–Crippen MR) is 128 cm³/mol. The SMILES string of the molecule is Clc1ccc(-c2nc3ccc(Cl)cc3c(-c3ccccc3)c2-c2ccccc2)cc1. The minimum absolute atomic E-state index is 0.694. The van der Waals surface area contributed by atoms with E-state index in [1.807, 2.05) is 54.6 Å². The van der Waals surface area contributed by atoms with Gasteiger partial charge < -0.3 is 0 Å². The molecule has 4 aromatic carbocycles. The molecule has 1 heterocycles. The Morgan fingerprint density at radius 1 is 0.500 bits per heavy atom. The molecule has 0 aliphatic carbocycles. The van der Waals surface area contributed by atoms with Crippen molar-refractivity contribution >= 4 is 34.1 Å². The molecule has 5 rings (SSSR count). The zero-order valence-electron chi connectivity index (χ0n) is 16.0. The van der Waals surface area contributed by atoms with Crippen LogP contribution in [0.5, 0.6) is 0 Å². The van der Waals surface area contributed by atoms with Crippen LogP contribution in [0.3, 0.4) is 0 Å². The Morgan fingerprint density at radius 3 is 1.70 bits per heavy atom. The van der Waals surface area contributed by atoms with Gasteiger partial charge in [0.1, 0.15) is 0 Å². The van der Waals surface area contributed by atoms with E-state index in [1.165, 1.54) is 0 Å². The second-order valence-electron chi connectivity index (χ2n) is 7.11. The van der Waals surface area contributed by atoms with Crippen molar-refractivity contribution in [2.75, 3.05) is 0 Å². The molecule has 1 aromatic heterocycles. The number of benzene rings is 4. The second-order valence-corrected chi connectivity index (χ2v) is 7.98. The zero-order chi connectivity index (χ0) is 20.5. The Morgan fingerprint density at radius 2 is 1.07 bits per heavy atom. The van der Waals surface area contributed by atoms with Crippen LogP contribution in [-0.4, -0.2) is 4.98 Å². The Labute approximate surface area is 185 Å². The van der Waals surface area contributed by atoms with E-state index in [9.17, 15) is 0 Å². The largest absolute Gasteiger partial charge is 0.247 e. The monoisotopic (exact) mass is 425 g/mol. The zero-order valence-corrected chi connectivity index (χ0v) is 17.5. The Bertz CT molecular complexity index is 1330. The van der Waals surface area contributed by atoms with E-state index in [1.54, 1.807) is 0 Å². The molecule has 1 nitrogen and oxygen atoms in total. The molecule has 0 aliphatic rings. The van der Waals surface area contributed by atoms with Crippen molar-refractivity contribution in [3.8, 4) is 33.5 Å². The molecule has 30 heavy (non-hydrogen) atoms. The highest BCUT2D eigenvalue weighted by Crippen LogP contribution is 2.43. The summed E-state index contributed by atoms with van der Waals surface area (Å²) in [5.74, 6) is 0. The first-order valence-corrected chi connectivity index (χ1v) is 10.5. The lowest BCUT2D eigenvalue weighted by Gasteiger charge is -2.18. The number of pyridine rings is 1. The van der Waals surface area contributed by atoms with Crippen LogP contribution in [0.25, 0.3) is 44.4 Å².